The first-order chi connectivity index (χ1) is 10.0. The van der Waals surface area contributed by atoms with Crippen LogP contribution in [0.15, 0.2) is 42.5 Å². The molecule has 0 saturated carbocycles. The minimum Gasteiger partial charge on any atom is -0.373 e. The van der Waals surface area contributed by atoms with Crippen molar-refractivity contribution in [3.8, 4) is 6.07 Å². The zero-order valence-corrected chi connectivity index (χ0v) is 11.8. The van der Waals surface area contributed by atoms with Crippen molar-refractivity contribution in [3.63, 3.8) is 0 Å². The van der Waals surface area contributed by atoms with Gasteiger partial charge in [0.1, 0.15) is 5.69 Å². The summed E-state index contributed by atoms with van der Waals surface area (Å²) in [6.07, 6.45) is 0. The van der Waals surface area contributed by atoms with Gasteiger partial charge in [-0.1, -0.05) is 24.3 Å². The lowest BCUT2D eigenvalue weighted by molar-refractivity contribution is -0.384. The highest BCUT2D eigenvalue weighted by Gasteiger charge is 2.17. The molecule has 5 nitrogen and oxygen atoms in total. The smallest absolute Gasteiger partial charge is 0.292 e. The molecule has 0 amide bonds. The van der Waals surface area contributed by atoms with E-state index >= 15 is 0 Å². The van der Waals surface area contributed by atoms with Gasteiger partial charge in [0, 0.05) is 12.1 Å². The minimum atomic E-state index is -0.450. The first-order valence-electron chi connectivity index (χ1n) is 6.53. The third-order valence-electron chi connectivity index (χ3n) is 3.35. The molecule has 0 aliphatic heterocycles. The maximum atomic E-state index is 11.1. The lowest BCUT2D eigenvalue weighted by Crippen LogP contribution is -2.09. The maximum Gasteiger partial charge on any atom is 0.292 e. The molecule has 2 rings (SSSR count). The van der Waals surface area contributed by atoms with Gasteiger partial charge in [-0.05, 0) is 37.1 Å². The van der Waals surface area contributed by atoms with Gasteiger partial charge in [0.05, 0.1) is 16.6 Å². The van der Waals surface area contributed by atoms with Crippen molar-refractivity contribution in [1.82, 2.24) is 0 Å². The number of anilines is 1. The van der Waals surface area contributed by atoms with E-state index in [4.69, 9.17) is 5.26 Å². The Balaban J connectivity index is 2.36. The molecule has 106 valence electrons. The van der Waals surface area contributed by atoms with Crippen LogP contribution in [0.1, 0.15) is 29.7 Å². The highest BCUT2D eigenvalue weighted by Crippen LogP contribution is 2.29. The molecular formula is C16H15N3O2. The molecule has 2 aromatic rings. The number of benzene rings is 2. The first kappa shape index (κ1) is 14.5. The standard InChI is InChI=1S/C16H15N3O2/c1-11-5-3-4-6-14(11)12(2)18-15-9-13(10-17)7-8-16(15)19(20)21/h3-9,12,18H,1-2H3. The van der Waals surface area contributed by atoms with E-state index in [1.807, 2.05) is 44.2 Å². The molecule has 5 heteroatoms. The maximum absolute atomic E-state index is 11.1. The molecule has 0 bridgehead atoms. The van der Waals surface area contributed by atoms with Crippen molar-refractivity contribution >= 4 is 11.4 Å². The summed E-state index contributed by atoms with van der Waals surface area (Å²) >= 11 is 0. The van der Waals surface area contributed by atoms with Crippen LogP contribution in [0, 0.1) is 28.4 Å². The molecule has 0 saturated heterocycles. The van der Waals surface area contributed by atoms with Gasteiger partial charge < -0.3 is 5.32 Å². The fourth-order valence-corrected chi connectivity index (χ4v) is 2.26. The molecule has 1 unspecified atom stereocenters. The van der Waals surface area contributed by atoms with Gasteiger partial charge in [-0.15, -0.1) is 0 Å². The van der Waals surface area contributed by atoms with E-state index in [2.05, 4.69) is 5.32 Å². The fourth-order valence-electron chi connectivity index (χ4n) is 2.26. The zero-order valence-electron chi connectivity index (χ0n) is 11.8. The summed E-state index contributed by atoms with van der Waals surface area (Å²) < 4.78 is 0. The van der Waals surface area contributed by atoms with Crippen LogP contribution in [-0.4, -0.2) is 4.92 Å². The van der Waals surface area contributed by atoms with Crippen molar-refractivity contribution in [2.24, 2.45) is 0 Å². The lowest BCUT2D eigenvalue weighted by atomic mass is 10.0. The normalized spacial score (nSPS) is 11.5. The van der Waals surface area contributed by atoms with E-state index in [1.165, 1.54) is 18.2 Å². The third kappa shape index (κ3) is 3.18. The van der Waals surface area contributed by atoms with Crippen LogP contribution in [0.3, 0.4) is 0 Å². The molecular weight excluding hydrogens is 266 g/mol. The van der Waals surface area contributed by atoms with Crippen LogP contribution in [0.2, 0.25) is 0 Å². The molecule has 0 fully saturated rings. The number of nitro groups is 1. The number of hydrogen-bond acceptors (Lipinski definition) is 4. The highest BCUT2D eigenvalue weighted by molar-refractivity contribution is 5.65. The van der Waals surface area contributed by atoms with E-state index in [1.54, 1.807) is 0 Å². The van der Waals surface area contributed by atoms with E-state index in [0.29, 0.717) is 11.3 Å². The fraction of sp³-hybridized carbons (Fsp3) is 0.188. The molecule has 1 atom stereocenters. The summed E-state index contributed by atoms with van der Waals surface area (Å²) in [6, 6.07) is 14.1. The van der Waals surface area contributed by atoms with Gasteiger partial charge in [-0.25, -0.2) is 0 Å². The molecule has 0 spiro atoms. The second-order valence-electron chi connectivity index (χ2n) is 4.82. The van der Waals surface area contributed by atoms with Crippen LogP contribution >= 0.6 is 0 Å². The number of nitrogens with zero attached hydrogens (tertiary/aromatic N) is 2. The summed E-state index contributed by atoms with van der Waals surface area (Å²) in [5.74, 6) is 0. The van der Waals surface area contributed by atoms with Gasteiger partial charge in [0.25, 0.3) is 5.69 Å². The number of nitrogens with one attached hydrogen (secondary N) is 1. The minimum absolute atomic E-state index is 0.0329. The average Bonchev–Trinajstić information content (AvgIpc) is 2.47. The van der Waals surface area contributed by atoms with Crippen LogP contribution in [0.25, 0.3) is 0 Å². The summed E-state index contributed by atoms with van der Waals surface area (Å²) in [4.78, 5) is 10.6. The second kappa shape index (κ2) is 6.06. The lowest BCUT2D eigenvalue weighted by Gasteiger charge is -2.17. The summed E-state index contributed by atoms with van der Waals surface area (Å²) in [5.41, 5.74) is 2.88. The van der Waals surface area contributed by atoms with E-state index in [-0.39, 0.29) is 11.7 Å². The van der Waals surface area contributed by atoms with Crippen molar-refractivity contribution in [2.45, 2.75) is 19.9 Å². The number of rotatable bonds is 4. The average molecular weight is 281 g/mol. The summed E-state index contributed by atoms with van der Waals surface area (Å²) in [5, 5.41) is 23.2. The van der Waals surface area contributed by atoms with Crippen molar-refractivity contribution in [3.05, 3.63) is 69.3 Å². The van der Waals surface area contributed by atoms with E-state index in [9.17, 15) is 10.1 Å². The number of aryl methyl sites for hydroxylation is 1. The van der Waals surface area contributed by atoms with Crippen LogP contribution in [0.4, 0.5) is 11.4 Å². The Morgan fingerprint density at radius 2 is 2.00 bits per heavy atom. The van der Waals surface area contributed by atoms with Gasteiger partial charge in [0.15, 0.2) is 0 Å². The summed E-state index contributed by atoms with van der Waals surface area (Å²) in [6.45, 7) is 3.93. The molecule has 21 heavy (non-hydrogen) atoms. The van der Waals surface area contributed by atoms with E-state index < -0.39 is 4.92 Å². The quantitative estimate of drug-likeness (QED) is 0.679. The Labute approximate surface area is 123 Å². The predicted octanol–water partition coefficient (Wildman–Crippen LogP) is 3.95. The largest absolute Gasteiger partial charge is 0.373 e. The van der Waals surface area contributed by atoms with Gasteiger partial charge in [-0.3, -0.25) is 10.1 Å². The van der Waals surface area contributed by atoms with Gasteiger partial charge in [0.2, 0.25) is 0 Å². The Kier molecular flexibility index (Phi) is 4.19. The molecule has 0 aliphatic rings. The molecule has 1 N–H and O–H groups in total. The predicted molar refractivity (Wildman–Crippen MR) is 81.0 cm³/mol. The number of hydrogen-bond donors (Lipinski definition) is 1. The Morgan fingerprint density at radius 1 is 1.29 bits per heavy atom. The van der Waals surface area contributed by atoms with Crippen LogP contribution in [-0.2, 0) is 0 Å². The van der Waals surface area contributed by atoms with Crippen molar-refractivity contribution in [1.29, 1.82) is 5.26 Å². The Hall–Kier alpha value is -2.87. The zero-order chi connectivity index (χ0) is 15.4. The highest BCUT2D eigenvalue weighted by atomic mass is 16.6. The van der Waals surface area contributed by atoms with Gasteiger partial charge >= 0.3 is 0 Å². The number of nitro benzene ring substituents is 1. The van der Waals surface area contributed by atoms with Crippen molar-refractivity contribution in [2.75, 3.05) is 5.32 Å². The summed E-state index contributed by atoms with van der Waals surface area (Å²) in [7, 11) is 0. The molecule has 0 heterocycles. The van der Waals surface area contributed by atoms with E-state index in [0.717, 1.165) is 11.1 Å². The second-order valence-corrected chi connectivity index (χ2v) is 4.82. The third-order valence-corrected chi connectivity index (χ3v) is 3.35. The van der Waals surface area contributed by atoms with Crippen LogP contribution < -0.4 is 5.32 Å². The first-order valence-corrected chi connectivity index (χ1v) is 6.53. The molecule has 0 aromatic heterocycles. The van der Waals surface area contributed by atoms with Crippen LogP contribution in [0.5, 0.6) is 0 Å². The van der Waals surface area contributed by atoms with Gasteiger partial charge in [-0.2, -0.15) is 5.26 Å². The molecule has 0 aliphatic carbocycles. The monoisotopic (exact) mass is 281 g/mol. The topological polar surface area (TPSA) is 79.0 Å². The molecule has 2 aromatic carbocycles. The Morgan fingerprint density at radius 3 is 2.62 bits per heavy atom. The Bertz CT molecular complexity index is 720. The SMILES string of the molecule is Cc1ccccc1C(C)Nc1cc(C#N)ccc1[N+](=O)[O-]. The van der Waals surface area contributed by atoms with Crippen molar-refractivity contribution < 1.29 is 4.92 Å². The number of nitriles is 1. The molecule has 0 radical (unpaired) electrons.